The van der Waals surface area contributed by atoms with Crippen LogP contribution in [0.1, 0.15) is 24.1 Å². The molecule has 31 heavy (non-hydrogen) atoms. The molecule has 1 aromatic heterocycles. The maximum absolute atomic E-state index is 13.1. The molecule has 0 bridgehead atoms. The fraction of sp³-hybridized carbons (Fsp3) is 0.320. The number of aryl methyl sites for hydroxylation is 1. The second-order valence-corrected chi connectivity index (χ2v) is 8.13. The number of benzene rings is 2. The molecule has 160 valence electrons. The lowest BCUT2D eigenvalue weighted by Crippen LogP contribution is -2.50. The van der Waals surface area contributed by atoms with Gasteiger partial charge in [0.1, 0.15) is 6.04 Å². The Morgan fingerprint density at radius 1 is 0.935 bits per heavy atom. The van der Waals surface area contributed by atoms with Gasteiger partial charge < -0.3 is 4.90 Å². The molecule has 1 saturated heterocycles. The van der Waals surface area contributed by atoms with Gasteiger partial charge in [0.15, 0.2) is 0 Å². The number of nitrogens with zero attached hydrogens (tertiary/aromatic N) is 4. The Bertz CT molecular complexity index is 1080. The molecule has 1 aliphatic rings. The Hall–Kier alpha value is -3.25. The number of rotatable bonds is 5. The predicted octanol–water partition coefficient (Wildman–Crippen LogP) is 3.12. The zero-order valence-corrected chi connectivity index (χ0v) is 18.1. The van der Waals surface area contributed by atoms with E-state index in [1.165, 1.54) is 16.3 Å². The van der Waals surface area contributed by atoms with E-state index in [0.717, 1.165) is 30.8 Å². The smallest absolute Gasteiger partial charge is 0.267 e. The summed E-state index contributed by atoms with van der Waals surface area (Å²) in [5.41, 5.74) is 3.78. The summed E-state index contributed by atoms with van der Waals surface area (Å²) in [5, 5.41) is 4.51. The van der Waals surface area contributed by atoms with Crippen LogP contribution >= 0.6 is 0 Å². The van der Waals surface area contributed by atoms with Crippen molar-refractivity contribution in [3.05, 3.63) is 88.2 Å². The van der Waals surface area contributed by atoms with Crippen molar-refractivity contribution < 1.29 is 4.79 Å². The normalized spacial score (nSPS) is 15.6. The molecular weight excluding hydrogens is 388 g/mol. The number of hydrogen-bond donors (Lipinski definition) is 0. The first-order chi connectivity index (χ1) is 15.0. The van der Waals surface area contributed by atoms with Crippen molar-refractivity contribution in [2.24, 2.45) is 0 Å². The summed E-state index contributed by atoms with van der Waals surface area (Å²) >= 11 is 0. The molecule has 0 spiro atoms. The fourth-order valence-corrected chi connectivity index (χ4v) is 3.92. The Kier molecular flexibility index (Phi) is 6.28. The maximum atomic E-state index is 13.1. The van der Waals surface area contributed by atoms with Crippen molar-refractivity contribution in [2.45, 2.75) is 26.4 Å². The molecule has 2 heterocycles. The molecule has 1 fully saturated rings. The molecule has 2 aromatic carbocycles. The van der Waals surface area contributed by atoms with Crippen molar-refractivity contribution in [2.75, 3.05) is 26.2 Å². The largest absolute Gasteiger partial charge is 0.338 e. The number of hydrogen-bond acceptors (Lipinski definition) is 4. The van der Waals surface area contributed by atoms with Crippen LogP contribution in [0.3, 0.4) is 0 Å². The standard InChI is InChI=1S/C25H28N4O2/c1-19-8-10-22(11-9-19)23-12-13-24(30)29(26-23)20(2)25(31)28-16-14-27(15-17-28)18-21-6-4-3-5-7-21/h3-13,20H,14-18H2,1-2H3. The minimum atomic E-state index is -0.640. The van der Waals surface area contributed by atoms with Crippen molar-refractivity contribution in [1.29, 1.82) is 0 Å². The number of carbonyl (C=O) groups is 1. The van der Waals surface area contributed by atoms with E-state index in [9.17, 15) is 9.59 Å². The molecule has 6 nitrogen and oxygen atoms in total. The summed E-state index contributed by atoms with van der Waals surface area (Å²) in [6, 6.07) is 20.9. The Morgan fingerprint density at radius 2 is 1.61 bits per heavy atom. The van der Waals surface area contributed by atoms with Crippen molar-refractivity contribution in [1.82, 2.24) is 19.6 Å². The number of piperazine rings is 1. The van der Waals surface area contributed by atoms with Gasteiger partial charge in [-0.2, -0.15) is 5.10 Å². The van der Waals surface area contributed by atoms with E-state index in [1.807, 2.05) is 54.3 Å². The molecule has 4 rings (SSSR count). The molecule has 3 aromatic rings. The first kappa shape index (κ1) is 21.0. The van der Waals surface area contributed by atoms with Gasteiger partial charge in [-0.15, -0.1) is 0 Å². The second-order valence-electron chi connectivity index (χ2n) is 8.13. The minimum Gasteiger partial charge on any atom is -0.338 e. The van der Waals surface area contributed by atoms with E-state index in [2.05, 4.69) is 22.1 Å². The lowest BCUT2D eigenvalue weighted by Gasteiger charge is -2.36. The van der Waals surface area contributed by atoms with Crippen molar-refractivity contribution >= 4 is 5.91 Å². The summed E-state index contributed by atoms with van der Waals surface area (Å²) in [4.78, 5) is 29.8. The number of carbonyl (C=O) groups excluding carboxylic acids is 1. The van der Waals surface area contributed by atoms with Gasteiger partial charge >= 0.3 is 0 Å². The lowest BCUT2D eigenvalue weighted by atomic mass is 10.1. The van der Waals surface area contributed by atoms with Crippen LogP contribution < -0.4 is 5.56 Å². The van der Waals surface area contributed by atoms with E-state index in [-0.39, 0.29) is 11.5 Å². The number of aromatic nitrogens is 2. The van der Waals surface area contributed by atoms with E-state index >= 15 is 0 Å². The Morgan fingerprint density at radius 3 is 2.29 bits per heavy atom. The summed E-state index contributed by atoms with van der Waals surface area (Å²) < 4.78 is 1.31. The summed E-state index contributed by atoms with van der Waals surface area (Å²) in [5.74, 6) is -0.0602. The third-order valence-corrected chi connectivity index (χ3v) is 5.83. The molecule has 1 unspecified atom stereocenters. The molecule has 0 aliphatic carbocycles. The first-order valence-electron chi connectivity index (χ1n) is 10.7. The molecular formula is C25H28N4O2. The van der Waals surface area contributed by atoms with Crippen LogP contribution in [0.25, 0.3) is 11.3 Å². The monoisotopic (exact) mass is 416 g/mol. The fourth-order valence-electron chi connectivity index (χ4n) is 3.92. The average molecular weight is 417 g/mol. The van der Waals surface area contributed by atoms with Gasteiger partial charge in [-0.05, 0) is 25.5 Å². The summed E-state index contributed by atoms with van der Waals surface area (Å²) in [6.45, 7) is 7.62. The van der Waals surface area contributed by atoms with Gasteiger partial charge in [-0.25, -0.2) is 4.68 Å². The number of amides is 1. The maximum Gasteiger partial charge on any atom is 0.267 e. The molecule has 1 aliphatic heterocycles. The summed E-state index contributed by atoms with van der Waals surface area (Å²) in [6.07, 6.45) is 0. The molecule has 0 radical (unpaired) electrons. The van der Waals surface area contributed by atoms with Gasteiger partial charge in [0.25, 0.3) is 5.56 Å². The van der Waals surface area contributed by atoms with Crippen LogP contribution in [0.2, 0.25) is 0 Å². The lowest BCUT2D eigenvalue weighted by molar-refractivity contribution is -0.136. The minimum absolute atomic E-state index is 0.0602. The highest BCUT2D eigenvalue weighted by Crippen LogP contribution is 2.18. The van der Waals surface area contributed by atoms with Crippen LogP contribution in [-0.2, 0) is 11.3 Å². The van der Waals surface area contributed by atoms with Crippen LogP contribution in [0.15, 0.2) is 71.5 Å². The SMILES string of the molecule is Cc1ccc(-c2ccc(=O)n(C(C)C(=O)N3CCN(Cc4ccccc4)CC3)n2)cc1. The average Bonchev–Trinajstić information content (AvgIpc) is 2.80. The zero-order valence-electron chi connectivity index (χ0n) is 18.1. The molecule has 1 atom stereocenters. The Labute approximate surface area is 182 Å². The topological polar surface area (TPSA) is 58.4 Å². The highest BCUT2D eigenvalue weighted by molar-refractivity contribution is 5.80. The molecule has 0 saturated carbocycles. The molecule has 0 N–H and O–H groups in total. The quantitative estimate of drug-likeness (QED) is 0.641. The van der Waals surface area contributed by atoms with E-state index < -0.39 is 6.04 Å². The van der Waals surface area contributed by atoms with Gasteiger partial charge in [0.2, 0.25) is 5.91 Å². The van der Waals surface area contributed by atoms with Crippen LogP contribution in [0, 0.1) is 6.92 Å². The predicted molar refractivity (Wildman–Crippen MR) is 122 cm³/mol. The van der Waals surface area contributed by atoms with Crippen LogP contribution in [-0.4, -0.2) is 51.7 Å². The van der Waals surface area contributed by atoms with Crippen molar-refractivity contribution in [3.8, 4) is 11.3 Å². The van der Waals surface area contributed by atoms with Crippen LogP contribution in [0.5, 0.6) is 0 Å². The van der Waals surface area contributed by atoms with E-state index in [0.29, 0.717) is 18.8 Å². The Balaban J connectivity index is 1.43. The second kappa shape index (κ2) is 9.27. The molecule has 1 amide bonds. The van der Waals surface area contributed by atoms with Crippen molar-refractivity contribution in [3.63, 3.8) is 0 Å². The van der Waals surface area contributed by atoms with Crippen LogP contribution in [0.4, 0.5) is 0 Å². The third-order valence-electron chi connectivity index (χ3n) is 5.83. The summed E-state index contributed by atoms with van der Waals surface area (Å²) in [7, 11) is 0. The third kappa shape index (κ3) is 4.91. The van der Waals surface area contributed by atoms with Gasteiger partial charge in [-0.1, -0.05) is 60.2 Å². The molecule has 6 heteroatoms. The van der Waals surface area contributed by atoms with Gasteiger partial charge in [0.05, 0.1) is 5.69 Å². The van der Waals surface area contributed by atoms with Gasteiger partial charge in [-0.3, -0.25) is 14.5 Å². The van der Waals surface area contributed by atoms with E-state index in [1.54, 1.807) is 13.0 Å². The first-order valence-corrected chi connectivity index (χ1v) is 10.7. The van der Waals surface area contributed by atoms with E-state index in [4.69, 9.17) is 0 Å². The highest BCUT2D eigenvalue weighted by Gasteiger charge is 2.27. The van der Waals surface area contributed by atoms with Gasteiger partial charge in [0, 0.05) is 44.4 Å². The highest BCUT2D eigenvalue weighted by atomic mass is 16.2. The zero-order chi connectivity index (χ0) is 21.8.